The van der Waals surface area contributed by atoms with Gasteiger partial charge < -0.3 is 9.26 Å². The Balaban J connectivity index is 1.53. The molecule has 1 N–H and O–H groups in total. The van der Waals surface area contributed by atoms with E-state index in [1.165, 1.54) is 49.5 Å². The van der Waals surface area contributed by atoms with E-state index in [2.05, 4.69) is 4.72 Å². The Morgan fingerprint density at radius 2 is 1.71 bits per heavy atom. The number of nitrogens with zero attached hydrogens (tertiary/aromatic N) is 3. The first-order chi connectivity index (χ1) is 14.7. The summed E-state index contributed by atoms with van der Waals surface area (Å²) < 4.78 is 53.9. The van der Waals surface area contributed by atoms with Crippen molar-refractivity contribution in [3.63, 3.8) is 0 Å². The average Bonchev–Trinajstić information content (AvgIpc) is 3.64. The maximum Gasteiger partial charge on any atom is 0.346 e. The van der Waals surface area contributed by atoms with E-state index >= 15 is 0 Å². The lowest BCUT2D eigenvalue weighted by molar-refractivity contribution is -0.385. The highest BCUT2D eigenvalue weighted by atomic mass is 32.2. The first kappa shape index (κ1) is 21.9. The topological polar surface area (TPSA) is 131 Å². The van der Waals surface area contributed by atoms with Crippen LogP contribution < -0.4 is 9.46 Å². The van der Waals surface area contributed by atoms with Gasteiger partial charge in [0.05, 0.1) is 16.4 Å². The van der Waals surface area contributed by atoms with Crippen LogP contribution in [-0.4, -0.2) is 55.9 Å². The smallest absolute Gasteiger partial charge is 0.346 e. The molecule has 2 aliphatic rings. The summed E-state index contributed by atoms with van der Waals surface area (Å²) in [7, 11) is -5.32. The van der Waals surface area contributed by atoms with Crippen molar-refractivity contribution >= 4 is 23.4 Å². The highest BCUT2D eigenvalue weighted by molar-refractivity contribution is 7.89. The van der Waals surface area contributed by atoms with E-state index in [0.717, 1.165) is 26.2 Å². The molecule has 13 heteroatoms. The Morgan fingerprint density at radius 1 is 1.10 bits per heavy atom. The molecule has 0 aromatic heterocycles. The van der Waals surface area contributed by atoms with Crippen LogP contribution >= 0.6 is 7.67 Å². The number of nitro groups is 1. The zero-order valence-electron chi connectivity index (χ0n) is 16.6. The Kier molecular flexibility index (Phi) is 5.86. The molecule has 0 saturated carbocycles. The van der Waals surface area contributed by atoms with Gasteiger partial charge in [0.2, 0.25) is 15.8 Å². The Hall–Kier alpha value is -2.34. The van der Waals surface area contributed by atoms with Gasteiger partial charge in [-0.15, -0.1) is 0 Å². The quantitative estimate of drug-likeness (QED) is 0.242. The van der Waals surface area contributed by atoms with Gasteiger partial charge in [0.25, 0.3) is 0 Å². The fraction of sp³-hybridized carbons (Fsp3) is 0.333. The predicted molar refractivity (Wildman–Crippen MR) is 111 cm³/mol. The number of rotatable bonds is 10. The van der Waals surface area contributed by atoms with Crippen LogP contribution in [0.2, 0.25) is 0 Å². The molecule has 166 valence electrons. The molecule has 4 rings (SSSR count). The molecule has 2 fully saturated rings. The molecule has 0 unspecified atom stereocenters. The summed E-state index contributed by atoms with van der Waals surface area (Å²) in [4.78, 5) is 10.9. The van der Waals surface area contributed by atoms with Crippen molar-refractivity contribution < 1.29 is 27.2 Å². The van der Waals surface area contributed by atoms with Crippen molar-refractivity contribution in [2.45, 2.75) is 11.5 Å². The van der Waals surface area contributed by atoms with E-state index in [1.54, 1.807) is 9.34 Å². The standard InChI is InChI=1S/C18H21N4O7PS/c1-19-31(26,27)16-5-3-15(4-6-16)29-18-12-14(2-7-17(18)22(23)24)13-28-30(25,20-8-9-20)21-10-11-21/h2-7,12,19H,8-11,13H2,1H3. The summed E-state index contributed by atoms with van der Waals surface area (Å²) >= 11 is 0. The second-order valence-corrected chi connectivity index (χ2v) is 11.3. The van der Waals surface area contributed by atoms with E-state index in [4.69, 9.17) is 9.26 Å². The third-order valence-corrected chi connectivity index (χ3v) is 8.94. The SMILES string of the molecule is CNS(=O)(=O)c1ccc(Oc2cc(COP(=O)(N3CC3)N3CC3)ccc2[N+](=O)[O-])cc1. The van der Waals surface area contributed by atoms with Crippen LogP contribution in [0.4, 0.5) is 5.69 Å². The molecular formula is C18H21N4O7PS. The van der Waals surface area contributed by atoms with Gasteiger partial charge in [-0.3, -0.25) is 14.7 Å². The second-order valence-electron chi connectivity index (χ2n) is 7.01. The number of benzene rings is 2. The molecule has 2 aromatic carbocycles. The zero-order chi connectivity index (χ0) is 22.2. The highest BCUT2D eigenvalue weighted by Crippen LogP contribution is 2.61. The van der Waals surface area contributed by atoms with Crippen LogP contribution in [-0.2, 0) is 25.7 Å². The summed E-state index contributed by atoms with van der Waals surface area (Å²) in [6.45, 7) is 2.91. The predicted octanol–water partition coefficient (Wildman–Crippen LogP) is 2.55. The lowest BCUT2D eigenvalue weighted by atomic mass is 10.2. The summed E-state index contributed by atoms with van der Waals surface area (Å²) in [5, 5.41) is 11.4. The minimum absolute atomic E-state index is 0.0119. The second kappa shape index (κ2) is 8.30. The van der Waals surface area contributed by atoms with Crippen LogP contribution in [0, 0.1) is 10.1 Å². The number of ether oxygens (including phenoxy) is 1. The van der Waals surface area contributed by atoms with Gasteiger partial charge >= 0.3 is 13.4 Å². The molecule has 0 spiro atoms. The molecule has 0 bridgehead atoms. The van der Waals surface area contributed by atoms with Crippen molar-refractivity contribution in [3.05, 3.63) is 58.1 Å². The molecular weight excluding hydrogens is 447 g/mol. The minimum atomic E-state index is -3.61. The van der Waals surface area contributed by atoms with Gasteiger partial charge in [0, 0.05) is 32.2 Å². The number of nitro benzene ring substituents is 1. The van der Waals surface area contributed by atoms with Crippen molar-refractivity contribution in [2.75, 3.05) is 33.2 Å². The molecule has 2 aliphatic heterocycles. The fourth-order valence-corrected chi connectivity index (χ4v) is 5.83. The summed E-state index contributed by atoms with van der Waals surface area (Å²) in [6, 6.07) is 9.79. The number of hydrogen-bond donors (Lipinski definition) is 1. The average molecular weight is 468 g/mol. The van der Waals surface area contributed by atoms with Crippen molar-refractivity contribution in [3.8, 4) is 11.5 Å². The number of hydrogen-bond acceptors (Lipinski definition) is 7. The molecule has 0 radical (unpaired) electrons. The van der Waals surface area contributed by atoms with Crippen molar-refractivity contribution in [2.24, 2.45) is 0 Å². The van der Waals surface area contributed by atoms with E-state index in [-0.39, 0.29) is 28.7 Å². The number of nitrogens with one attached hydrogen (secondary N) is 1. The zero-order valence-corrected chi connectivity index (χ0v) is 18.3. The summed E-state index contributed by atoms with van der Waals surface area (Å²) in [5.41, 5.74) is 0.314. The lowest BCUT2D eigenvalue weighted by Gasteiger charge is -2.19. The van der Waals surface area contributed by atoms with Crippen LogP contribution in [0.1, 0.15) is 5.56 Å². The molecule has 0 aliphatic carbocycles. The first-order valence-electron chi connectivity index (χ1n) is 9.47. The van der Waals surface area contributed by atoms with E-state index in [1.807, 2.05) is 0 Å². The molecule has 0 amide bonds. The minimum Gasteiger partial charge on any atom is -0.450 e. The maximum absolute atomic E-state index is 13.0. The van der Waals surface area contributed by atoms with Crippen LogP contribution in [0.15, 0.2) is 47.4 Å². The molecule has 11 nitrogen and oxygen atoms in total. The van der Waals surface area contributed by atoms with Crippen LogP contribution in [0.5, 0.6) is 11.5 Å². The third-order valence-electron chi connectivity index (χ3n) is 4.81. The van der Waals surface area contributed by atoms with E-state index in [9.17, 15) is 23.1 Å². The molecule has 2 saturated heterocycles. The van der Waals surface area contributed by atoms with Gasteiger partial charge in [-0.25, -0.2) is 22.5 Å². The summed E-state index contributed by atoms with van der Waals surface area (Å²) in [5.74, 6) is 0.207. The normalized spacial score (nSPS) is 16.8. The highest BCUT2D eigenvalue weighted by Gasteiger charge is 2.49. The lowest BCUT2D eigenvalue weighted by Crippen LogP contribution is -2.18. The van der Waals surface area contributed by atoms with E-state index < -0.39 is 22.6 Å². The van der Waals surface area contributed by atoms with Gasteiger partial charge in [0.1, 0.15) is 5.75 Å². The summed E-state index contributed by atoms with van der Waals surface area (Å²) in [6.07, 6.45) is 0. The van der Waals surface area contributed by atoms with Crippen LogP contribution in [0.3, 0.4) is 0 Å². The van der Waals surface area contributed by atoms with Gasteiger partial charge in [0.15, 0.2) is 0 Å². The molecule has 0 atom stereocenters. The van der Waals surface area contributed by atoms with Gasteiger partial charge in [-0.2, -0.15) is 0 Å². The van der Waals surface area contributed by atoms with Crippen molar-refractivity contribution in [1.82, 2.24) is 14.1 Å². The third kappa shape index (κ3) is 4.79. The monoisotopic (exact) mass is 468 g/mol. The van der Waals surface area contributed by atoms with Crippen molar-refractivity contribution in [1.29, 1.82) is 0 Å². The first-order valence-corrected chi connectivity index (χ1v) is 12.5. The largest absolute Gasteiger partial charge is 0.450 e. The van der Waals surface area contributed by atoms with E-state index in [0.29, 0.717) is 5.56 Å². The molecule has 2 heterocycles. The Morgan fingerprint density at radius 3 is 2.23 bits per heavy atom. The fourth-order valence-electron chi connectivity index (χ4n) is 2.91. The Bertz CT molecular complexity index is 1130. The van der Waals surface area contributed by atoms with Gasteiger partial charge in [-0.05, 0) is 49.0 Å². The Labute approximate surface area is 179 Å². The van der Waals surface area contributed by atoms with Crippen LogP contribution in [0.25, 0.3) is 0 Å². The number of sulfonamides is 1. The van der Waals surface area contributed by atoms with Gasteiger partial charge in [-0.1, -0.05) is 0 Å². The molecule has 31 heavy (non-hydrogen) atoms. The maximum atomic E-state index is 13.0. The molecule has 2 aromatic rings.